The van der Waals surface area contributed by atoms with E-state index in [1.165, 1.54) is 30.4 Å². The van der Waals surface area contributed by atoms with Crippen molar-refractivity contribution in [1.82, 2.24) is 25.3 Å². The molecule has 1 aromatic carbocycles. The van der Waals surface area contributed by atoms with Gasteiger partial charge in [-0.1, -0.05) is 43.5 Å². The molecule has 1 amide bonds. The first-order valence-corrected chi connectivity index (χ1v) is 11.5. The Morgan fingerprint density at radius 1 is 1.16 bits per heavy atom. The van der Waals surface area contributed by atoms with E-state index in [0.29, 0.717) is 12.5 Å². The molecule has 4 rings (SSSR count). The van der Waals surface area contributed by atoms with Crippen LogP contribution in [-0.4, -0.2) is 52.7 Å². The molecule has 2 aromatic rings. The molecule has 1 saturated heterocycles. The molecule has 0 radical (unpaired) electrons. The van der Waals surface area contributed by atoms with Gasteiger partial charge in [0, 0.05) is 51.0 Å². The minimum absolute atomic E-state index is 0.249. The van der Waals surface area contributed by atoms with E-state index in [1.807, 2.05) is 16.9 Å². The monoisotopic (exact) mass is 422 g/mol. The van der Waals surface area contributed by atoms with Gasteiger partial charge < -0.3 is 15.5 Å². The number of rotatable bonds is 6. The van der Waals surface area contributed by atoms with Gasteiger partial charge in [0.2, 0.25) is 5.91 Å². The lowest BCUT2D eigenvalue weighted by Crippen LogP contribution is -2.45. The maximum Gasteiger partial charge on any atom is 0.225 e. The molecule has 2 fully saturated rings. The summed E-state index contributed by atoms with van der Waals surface area (Å²) in [6, 6.07) is 10.7. The molecule has 166 valence electrons. The van der Waals surface area contributed by atoms with Crippen molar-refractivity contribution in [2.24, 2.45) is 10.9 Å². The molecule has 1 unspecified atom stereocenters. The molecular weight excluding hydrogens is 388 g/mol. The summed E-state index contributed by atoms with van der Waals surface area (Å²) in [5.74, 6) is 1.40. The van der Waals surface area contributed by atoms with Crippen molar-refractivity contribution in [1.29, 1.82) is 0 Å². The first-order valence-electron chi connectivity index (χ1n) is 11.5. The van der Waals surface area contributed by atoms with Crippen LogP contribution in [0.15, 0.2) is 47.7 Å². The van der Waals surface area contributed by atoms with E-state index < -0.39 is 0 Å². The Kier molecular flexibility index (Phi) is 7.22. The second-order valence-electron chi connectivity index (χ2n) is 8.70. The molecule has 2 N–H and O–H groups in total. The van der Waals surface area contributed by atoms with Crippen molar-refractivity contribution in [2.75, 3.05) is 20.1 Å². The fourth-order valence-corrected chi connectivity index (χ4v) is 4.68. The van der Waals surface area contributed by atoms with Crippen LogP contribution in [0.5, 0.6) is 0 Å². The molecular formula is C24H34N6O. The smallest absolute Gasteiger partial charge is 0.225 e. The molecule has 0 spiro atoms. The van der Waals surface area contributed by atoms with Gasteiger partial charge in [-0.25, -0.2) is 0 Å². The number of aromatic nitrogens is 2. The molecule has 7 heteroatoms. The van der Waals surface area contributed by atoms with Crippen molar-refractivity contribution in [3.05, 3.63) is 53.9 Å². The molecule has 1 saturated carbocycles. The van der Waals surface area contributed by atoms with Crippen molar-refractivity contribution in [3.8, 4) is 0 Å². The molecule has 31 heavy (non-hydrogen) atoms. The number of likely N-dealkylation sites (tertiary alicyclic amines) is 1. The first kappa shape index (κ1) is 21.4. The molecule has 1 aliphatic heterocycles. The molecule has 7 nitrogen and oxygen atoms in total. The molecule has 0 bridgehead atoms. The number of benzene rings is 1. The number of hydrogen-bond donors (Lipinski definition) is 2. The quantitative estimate of drug-likeness (QED) is 0.555. The van der Waals surface area contributed by atoms with Crippen LogP contribution in [0.2, 0.25) is 0 Å². The van der Waals surface area contributed by atoms with Crippen LogP contribution in [0.25, 0.3) is 0 Å². The fourth-order valence-electron chi connectivity index (χ4n) is 4.68. The zero-order valence-corrected chi connectivity index (χ0v) is 18.5. The van der Waals surface area contributed by atoms with Gasteiger partial charge >= 0.3 is 0 Å². The summed E-state index contributed by atoms with van der Waals surface area (Å²) in [5, 5.41) is 11.2. The Bertz CT molecular complexity index is 872. The SMILES string of the molecule is CN=C(NCc1cccc(Cn2cccn2)c1)NC1CCN(C(=O)C2CCCCC2)C1. The van der Waals surface area contributed by atoms with Gasteiger partial charge in [-0.3, -0.25) is 14.5 Å². The normalized spacial score (nSPS) is 20.1. The maximum atomic E-state index is 12.8. The predicted molar refractivity (Wildman–Crippen MR) is 123 cm³/mol. The third kappa shape index (κ3) is 5.87. The standard InChI is InChI=1S/C24H34N6O/c1-25-24(26-16-19-7-5-8-20(15-19)17-30-13-6-12-27-30)28-22-11-14-29(18-22)23(31)21-9-3-2-4-10-21/h5-8,12-13,15,21-22H,2-4,9-11,14,16-18H2,1H3,(H2,25,26,28). The second kappa shape index (κ2) is 10.5. The number of carbonyl (C=O) groups excluding carboxylic acids is 1. The number of nitrogens with zero attached hydrogens (tertiary/aromatic N) is 4. The van der Waals surface area contributed by atoms with E-state index in [2.05, 4.69) is 49.9 Å². The van der Waals surface area contributed by atoms with Gasteiger partial charge in [-0.05, 0) is 36.5 Å². The van der Waals surface area contributed by atoms with Crippen LogP contribution in [0.1, 0.15) is 49.7 Å². The van der Waals surface area contributed by atoms with Crippen LogP contribution >= 0.6 is 0 Å². The highest BCUT2D eigenvalue weighted by atomic mass is 16.2. The van der Waals surface area contributed by atoms with Crippen LogP contribution < -0.4 is 10.6 Å². The molecule has 2 heterocycles. The molecule has 1 atom stereocenters. The lowest BCUT2D eigenvalue weighted by Gasteiger charge is -2.26. The van der Waals surface area contributed by atoms with E-state index in [1.54, 1.807) is 13.2 Å². The minimum Gasteiger partial charge on any atom is -0.352 e. The summed E-state index contributed by atoms with van der Waals surface area (Å²) in [6.07, 6.45) is 10.6. The topological polar surface area (TPSA) is 74.6 Å². The molecule has 2 aliphatic rings. The predicted octanol–water partition coefficient (Wildman–Crippen LogP) is 2.78. The number of aliphatic imine (C=N–C) groups is 1. The zero-order valence-electron chi connectivity index (χ0n) is 18.5. The number of carbonyl (C=O) groups is 1. The van der Waals surface area contributed by atoms with E-state index in [4.69, 9.17) is 0 Å². The third-order valence-corrected chi connectivity index (χ3v) is 6.37. The summed E-state index contributed by atoms with van der Waals surface area (Å²) in [6.45, 7) is 3.08. The Labute approximate surface area is 184 Å². The highest BCUT2D eigenvalue weighted by Gasteiger charge is 2.31. The number of amides is 1. The summed E-state index contributed by atoms with van der Waals surface area (Å²) >= 11 is 0. The van der Waals surface area contributed by atoms with Gasteiger partial charge in [-0.15, -0.1) is 0 Å². The number of guanidine groups is 1. The van der Waals surface area contributed by atoms with Gasteiger partial charge in [0.05, 0.1) is 6.54 Å². The van der Waals surface area contributed by atoms with E-state index >= 15 is 0 Å². The highest BCUT2D eigenvalue weighted by molar-refractivity contribution is 5.81. The third-order valence-electron chi connectivity index (χ3n) is 6.37. The van der Waals surface area contributed by atoms with Gasteiger partial charge in [-0.2, -0.15) is 5.10 Å². The largest absolute Gasteiger partial charge is 0.352 e. The summed E-state index contributed by atoms with van der Waals surface area (Å²) in [7, 11) is 1.80. The lowest BCUT2D eigenvalue weighted by molar-refractivity contribution is -0.135. The highest BCUT2D eigenvalue weighted by Crippen LogP contribution is 2.26. The Hall–Kier alpha value is -2.83. The van der Waals surface area contributed by atoms with Crippen molar-refractivity contribution in [3.63, 3.8) is 0 Å². The van der Waals surface area contributed by atoms with Gasteiger partial charge in [0.25, 0.3) is 0 Å². The van der Waals surface area contributed by atoms with Crippen LogP contribution in [-0.2, 0) is 17.9 Å². The average molecular weight is 423 g/mol. The Balaban J connectivity index is 1.25. The summed E-state index contributed by atoms with van der Waals surface area (Å²) in [5.41, 5.74) is 2.42. The van der Waals surface area contributed by atoms with Crippen molar-refractivity contribution in [2.45, 2.75) is 57.7 Å². The number of nitrogens with one attached hydrogen (secondary N) is 2. The Morgan fingerprint density at radius 2 is 2.00 bits per heavy atom. The van der Waals surface area contributed by atoms with Crippen LogP contribution in [0, 0.1) is 5.92 Å². The van der Waals surface area contributed by atoms with Crippen LogP contribution in [0.4, 0.5) is 0 Å². The molecule has 1 aromatic heterocycles. The van der Waals surface area contributed by atoms with E-state index in [0.717, 1.165) is 44.9 Å². The minimum atomic E-state index is 0.249. The second-order valence-corrected chi connectivity index (χ2v) is 8.70. The first-order chi connectivity index (χ1) is 15.2. The van der Waals surface area contributed by atoms with E-state index in [9.17, 15) is 4.79 Å². The van der Waals surface area contributed by atoms with Gasteiger partial charge in [0.15, 0.2) is 5.96 Å². The fraction of sp³-hybridized carbons (Fsp3) is 0.542. The van der Waals surface area contributed by atoms with E-state index in [-0.39, 0.29) is 12.0 Å². The average Bonchev–Trinajstić information content (AvgIpc) is 3.49. The Morgan fingerprint density at radius 3 is 2.77 bits per heavy atom. The zero-order chi connectivity index (χ0) is 21.5. The van der Waals surface area contributed by atoms with Crippen molar-refractivity contribution >= 4 is 11.9 Å². The number of hydrogen-bond acceptors (Lipinski definition) is 3. The lowest BCUT2D eigenvalue weighted by atomic mass is 9.88. The summed E-state index contributed by atoms with van der Waals surface area (Å²) < 4.78 is 1.92. The summed E-state index contributed by atoms with van der Waals surface area (Å²) in [4.78, 5) is 19.2. The van der Waals surface area contributed by atoms with Crippen molar-refractivity contribution < 1.29 is 4.79 Å². The molecule has 1 aliphatic carbocycles. The van der Waals surface area contributed by atoms with Gasteiger partial charge in [0.1, 0.15) is 0 Å². The maximum absolute atomic E-state index is 12.8. The van der Waals surface area contributed by atoms with Crippen LogP contribution in [0.3, 0.4) is 0 Å².